The van der Waals surface area contributed by atoms with Gasteiger partial charge in [-0.2, -0.15) is 0 Å². The van der Waals surface area contributed by atoms with E-state index in [9.17, 15) is 14.4 Å². The maximum atomic E-state index is 13.4. The van der Waals surface area contributed by atoms with Crippen molar-refractivity contribution < 1.29 is 14.4 Å². The lowest BCUT2D eigenvalue weighted by Gasteiger charge is -2.43. The van der Waals surface area contributed by atoms with Gasteiger partial charge in [0.25, 0.3) is 5.91 Å². The fourth-order valence-electron chi connectivity index (χ4n) is 4.98. The van der Waals surface area contributed by atoms with Crippen LogP contribution >= 0.6 is 0 Å². The SMILES string of the molecule is CCC(=O)N[C@@H]1C[C@H](NC(C)(C)C)CC[C@@H]1N1CCC(NC(=O)c2ccnc(C(C)(C)C)n2)C1=O. The molecular weight excluding hydrogens is 444 g/mol. The molecule has 0 spiro atoms. The average Bonchev–Trinajstić information content (AvgIpc) is 3.12. The summed E-state index contributed by atoms with van der Waals surface area (Å²) in [6, 6.07) is 1.05. The second kappa shape index (κ2) is 10.6. The van der Waals surface area contributed by atoms with Crippen molar-refractivity contribution >= 4 is 17.7 Å². The fourth-order valence-corrected chi connectivity index (χ4v) is 4.98. The van der Waals surface area contributed by atoms with Crippen molar-refractivity contribution in [2.45, 2.75) is 116 Å². The summed E-state index contributed by atoms with van der Waals surface area (Å²) in [5.41, 5.74) is -0.0451. The normalized spacial score (nSPS) is 25.5. The summed E-state index contributed by atoms with van der Waals surface area (Å²) in [6.07, 6.45) is 5.02. The molecule has 1 unspecified atom stereocenters. The Kier molecular flexibility index (Phi) is 8.19. The third-order valence-electron chi connectivity index (χ3n) is 6.62. The number of rotatable bonds is 6. The van der Waals surface area contributed by atoms with Crippen molar-refractivity contribution in [3.05, 3.63) is 23.8 Å². The number of carbonyl (C=O) groups excluding carboxylic acids is 3. The lowest BCUT2D eigenvalue weighted by Crippen LogP contribution is -2.59. The van der Waals surface area contributed by atoms with Gasteiger partial charge in [-0.05, 0) is 52.5 Å². The molecule has 2 fully saturated rings. The number of carbonyl (C=O) groups is 3. The van der Waals surface area contributed by atoms with Gasteiger partial charge in [0.05, 0.1) is 12.1 Å². The van der Waals surface area contributed by atoms with Crippen LogP contribution in [0.4, 0.5) is 0 Å². The van der Waals surface area contributed by atoms with Crippen molar-refractivity contribution in [3.8, 4) is 0 Å². The molecule has 2 aliphatic rings. The first-order chi connectivity index (χ1) is 16.3. The summed E-state index contributed by atoms with van der Waals surface area (Å²) >= 11 is 0. The predicted molar refractivity (Wildman–Crippen MR) is 135 cm³/mol. The highest BCUT2D eigenvalue weighted by atomic mass is 16.2. The molecule has 0 radical (unpaired) electrons. The van der Waals surface area contributed by atoms with E-state index >= 15 is 0 Å². The summed E-state index contributed by atoms with van der Waals surface area (Å²) < 4.78 is 0. The van der Waals surface area contributed by atoms with Gasteiger partial charge < -0.3 is 20.9 Å². The monoisotopic (exact) mass is 486 g/mol. The minimum absolute atomic E-state index is 0.00804. The quantitative estimate of drug-likeness (QED) is 0.568. The molecule has 0 aromatic carbocycles. The number of amides is 3. The van der Waals surface area contributed by atoms with Crippen LogP contribution in [-0.4, -0.2) is 68.8 Å². The van der Waals surface area contributed by atoms with E-state index in [-0.39, 0.29) is 52.5 Å². The van der Waals surface area contributed by atoms with Crippen molar-refractivity contribution in [1.82, 2.24) is 30.8 Å². The first-order valence-corrected chi connectivity index (χ1v) is 12.8. The molecule has 1 aliphatic carbocycles. The largest absolute Gasteiger partial charge is 0.351 e. The standard InChI is InChI=1S/C26H42N6O3/c1-8-21(33)28-19-15-16(31-26(5,6)7)9-10-20(19)32-14-12-18(23(32)35)29-22(34)17-11-13-27-24(30-17)25(2,3)4/h11,13,16,18-20,31H,8-10,12,14-15H2,1-7H3,(H,28,33)(H,29,34)/t16-,18?,19-,20+/m1/s1. The van der Waals surface area contributed by atoms with E-state index in [1.54, 1.807) is 12.3 Å². The Bertz CT molecular complexity index is 936. The molecule has 2 heterocycles. The highest BCUT2D eigenvalue weighted by molar-refractivity contribution is 5.96. The molecule has 1 aromatic rings. The molecule has 1 saturated carbocycles. The molecule has 9 nitrogen and oxygen atoms in total. The molecule has 1 aliphatic heterocycles. The Morgan fingerprint density at radius 2 is 1.80 bits per heavy atom. The molecule has 3 amide bonds. The zero-order chi connectivity index (χ0) is 26.0. The van der Waals surface area contributed by atoms with Crippen molar-refractivity contribution in [3.63, 3.8) is 0 Å². The minimum Gasteiger partial charge on any atom is -0.351 e. The van der Waals surface area contributed by atoms with E-state index in [2.05, 4.69) is 46.7 Å². The highest BCUT2D eigenvalue weighted by Gasteiger charge is 2.43. The Labute approximate surface area is 209 Å². The van der Waals surface area contributed by atoms with Gasteiger partial charge in [0, 0.05) is 36.2 Å². The smallest absolute Gasteiger partial charge is 0.270 e. The molecule has 9 heteroatoms. The summed E-state index contributed by atoms with van der Waals surface area (Å²) in [5, 5.41) is 9.68. The second-order valence-electron chi connectivity index (χ2n) is 11.9. The molecule has 0 bridgehead atoms. The van der Waals surface area contributed by atoms with E-state index < -0.39 is 6.04 Å². The number of likely N-dealkylation sites (tertiary alicyclic amines) is 1. The lowest BCUT2D eigenvalue weighted by molar-refractivity contribution is -0.133. The second-order valence-corrected chi connectivity index (χ2v) is 11.9. The van der Waals surface area contributed by atoms with Crippen LogP contribution in [0.3, 0.4) is 0 Å². The Balaban J connectivity index is 1.69. The molecular formula is C26H42N6O3. The first kappa shape index (κ1) is 27.0. The van der Waals surface area contributed by atoms with Gasteiger partial charge in [0.15, 0.2) is 0 Å². The molecule has 1 aromatic heterocycles. The van der Waals surface area contributed by atoms with Gasteiger partial charge >= 0.3 is 0 Å². The minimum atomic E-state index is -0.594. The van der Waals surface area contributed by atoms with Gasteiger partial charge in [-0.3, -0.25) is 14.4 Å². The summed E-state index contributed by atoms with van der Waals surface area (Å²) in [4.78, 5) is 49.1. The van der Waals surface area contributed by atoms with Gasteiger partial charge in [-0.15, -0.1) is 0 Å². The summed E-state index contributed by atoms with van der Waals surface area (Å²) in [5.74, 6) is 0.115. The third-order valence-corrected chi connectivity index (χ3v) is 6.62. The van der Waals surface area contributed by atoms with Crippen LogP contribution in [0.5, 0.6) is 0 Å². The maximum absolute atomic E-state index is 13.4. The lowest BCUT2D eigenvalue weighted by atomic mass is 9.84. The first-order valence-electron chi connectivity index (χ1n) is 12.8. The molecule has 3 rings (SSSR count). The van der Waals surface area contributed by atoms with Crippen molar-refractivity contribution in [2.24, 2.45) is 0 Å². The van der Waals surface area contributed by atoms with Crippen molar-refractivity contribution in [2.75, 3.05) is 6.54 Å². The van der Waals surface area contributed by atoms with Gasteiger partial charge in [0.1, 0.15) is 17.6 Å². The highest BCUT2D eigenvalue weighted by Crippen LogP contribution is 2.29. The maximum Gasteiger partial charge on any atom is 0.270 e. The molecule has 4 atom stereocenters. The van der Waals surface area contributed by atoms with Crippen LogP contribution in [0.1, 0.15) is 96.9 Å². The predicted octanol–water partition coefficient (Wildman–Crippen LogP) is 2.31. The van der Waals surface area contributed by atoms with Crippen LogP contribution in [-0.2, 0) is 15.0 Å². The number of hydrogen-bond donors (Lipinski definition) is 3. The van der Waals surface area contributed by atoms with Crippen molar-refractivity contribution in [1.29, 1.82) is 0 Å². The summed E-state index contributed by atoms with van der Waals surface area (Å²) in [6.45, 7) is 14.8. The summed E-state index contributed by atoms with van der Waals surface area (Å²) in [7, 11) is 0. The number of nitrogens with one attached hydrogen (secondary N) is 3. The zero-order valence-electron chi connectivity index (χ0n) is 22.3. The Morgan fingerprint density at radius 3 is 2.43 bits per heavy atom. The van der Waals surface area contributed by atoms with Crippen LogP contribution < -0.4 is 16.0 Å². The van der Waals surface area contributed by atoms with E-state index in [1.165, 1.54) is 0 Å². The number of nitrogens with zero attached hydrogens (tertiary/aromatic N) is 3. The molecule has 35 heavy (non-hydrogen) atoms. The third kappa shape index (κ3) is 6.99. The molecule has 3 N–H and O–H groups in total. The average molecular weight is 487 g/mol. The van der Waals surface area contributed by atoms with Crippen LogP contribution in [0.25, 0.3) is 0 Å². The number of aromatic nitrogens is 2. The van der Waals surface area contributed by atoms with Crippen LogP contribution in [0.2, 0.25) is 0 Å². The van der Waals surface area contributed by atoms with E-state index in [4.69, 9.17) is 0 Å². The van der Waals surface area contributed by atoms with E-state index in [0.29, 0.717) is 25.2 Å². The van der Waals surface area contributed by atoms with Crippen LogP contribution in [0, 0.1) is 0 Å². The van der Waals surface area contributed by atoms with Gasteiger partial charge in [0.2, 0.25) is 11.8 Å². The van der Waals surface area contributed by atoms with Crippen LogP contribution in [0.15, 0.2) is 12.3 Å². The van der Waals surface area contributed by atoms with E-state index in [1.807, 2.05) is 32.6 Å². The zero-order valence-corrected chi connectivity index (χ0v) is 22.3. The Hall–Kier alpha value is -2.55. The topological polar surface area (TPSA) is 116 Å². The number of hydrogen-bond acceptors (Lipinski definition) is 6. The van der Waals surface area contributed by atoms with Gasteiger partial charge in [-0.25, -0.2) is 9.97 Å². The fraction of sp³-hybridized carbons (Fsp3) is 0.731. The molecule has 194 valence electrons. The Morgan fingerprint density at radius 1 is 1.09 bits per heavy atom. The molecule has 1 saturated heterocycles. The van der Waals surface area contributed by atoms with E-state index in [0.717, 1.165) is 19.3 Å². The van der Waals surface area contributed by atoms with Gasteiger partial charge in [-0.1, -0.05) is 27.7 Å².